The fourth-order valence-corrected chi connectivity index (χ4v) is 5.02. The van der Waals surface area contributed by atoms with E-state index in [-0.39, 0.29) is 37.0 Å². The molecule has 17 N–H and O–H groups in total. The summed E-state index contributed by atoms with van der Waals surface area (Å²) in [5, 5.41) is 19.0. The third-order valence-electron chi connectivity index (χ3n) is 8.17. The Morgan fingerprint density at radius 2 is 1.34 bits per heavy atom. The van der Waals surface area contributed by atoms with Gasteiger partial charge in [-0.2, -0.15) is 0 Å². The van der Waals surface area contributed by atoms with Crippen molar-refractivity contribution in [1.82, 2.24) is 32.1 Å². The van der Waals surface area contributed by atoms with Crippen LogP contribution >= 0.6 is 0 Å². The van der Waals surface area contributed by atoms with E-state index in [1.165, 1.54) is 0 Å². The van der Waals surface area contributed by atoms with Crippen molar-refractivity contribution in [1.29, 1.82) is 5.41 Å². The number of hydrogen-bond acceptors (Lipinski definition) is 13. The zero-order valence-corrected chi connectivity index (χ0v) is 29.0. The van der Waals surface area contributed by atoms with Crippen LogP contribution in [-0.4, -0.2) is 73.0 Å². The van der Waals surface area contributed by atoms with Crippen LogP contribution in [0.2, 0.25) is 0 Å². The number of rotatable bonds is 25. The highest BCUT2D eigenvalue weighted by Crippen LogP contribution is 2.11. The lowest BCUT2D eigenvalue weighted by atomic mass is 9.96. The van der Waals surface area contributed by atoms with Crippen molar-refractivity contribution >= 4 is 29.2 Å². The molecule has 0 aliphatic heterocycles. The lowest BCUT2D eigenvalue weighted by Crippen LogP contribution is -2.60. The molecule has 16 nitrogen and oxygen atoms in total. The molecule has 0 aliphatic carbocycles. The van der Waals surface area contributed by atoms with E-state index in [9.17, 15) is 19.2 Å². The molecule has 276 valence electrons. The van der Waals surface area contributed by atoms with Gasteiger partial charge in [0.15, 0.2) is 0 Å². The van der Waals surface area contributed by atoms with Crippen LogP contribution in [0.25, 0.3) is 0 Å². The minimum absolute atomic E-state index is 0.0514. The van der Waals surface area contributed by atoms with Crippen molar-refractivity contribution in [2.75, 3.05) is 13.1 Å². The number of carbonyl (C=O) groups is 4. The zero-order chi connectivity index (χ0) is 37.1. The minimum Gasteiger partial charge on any atom is -0.384 e. The van der Waals surface area contributed by atoms with Crippen LogP contribution in [0, 0.1) is 11.3 Å². The predicted octanol–water partition coefficient (Wildman–Crippen LogP) is -1.53. The highest BCUT2D eigenvalue weighted by atomic mass is 16.2. The largest absolute Gasteiger partial charge is 0.384 e. The van der Waals surface area contributed by atoms with Gasteiger partial charge in [-0.25, -0.2) is 10.9 Å². The first kappa shape index (κ1) is 42.0. The molecule has 50 heavy (non-hydrogen) atoms. The maximum atomic E-state index is 13.8. The molecule has 0 radical (unpaired) electrons. The average molecular weight is 697 g/mol. The second-order valence-corrected chi connectivity index (χ2v) is 12.3. The van der Waals surface area contributed by atoms with Crippen molar-refractivity contribution < 1.29 is 19.2 Å². The second kappa shape index (κ2) is 22.6. The van der Waals surface area contributed by atoms with E-state index >= 15 is 0 Å². The molecular formula is C34H56N12O4. The molecule has 2 amide bonds. The fraction of sp³-hybridized carbons (Fsp3) is 0.500. The van der Waals surface area contributed by atoms with Crippen LogP contribution < -0.4 is 60.8 Å². The number of nitrogens with one attached hydrogen (secondary N) is 7. The summed E-state index contributed by atoms with van der Waals surface area (Å²) in [4.78, 5) is 53.6. The van der Waals surface area contributed by atoms with E-state index in [0.717, 1.165) is 5.56 Å². The SMILES string of the molecule is CC[C@H](C)C(NN[C@@H](CCCNC(N)N)C(=O)NCc1ccc(C(=N)N)cc1)C(=O)N[C@@H](CCCNC(N)N)C(=O)C(=O)Cc1ccccc1. The monoisotopic (exact) mass is 696 g/mol. The van der Waals surface area contributed by atoms with Crippen LogP contribution in [0.15, 0.2) is 54.6 Å². The summed E-state index contributed by atoms with van der Waals surface area (Å²) in [6, 6.07) is 13.2. The van der Waals surface area contributed by atoms with E-state index in [1.54, 1.807) is 48.5 Å². The molecule has 2 aromatic rings. The minimum atomic E-state index is -1.08. The lowest BCUT2D eigenvalue weighted by molar-refractivity contribution is -0.139. The second-order valence-electron chi connectivity index (χ2n) is 12.3. The number of ketones is 2. The van der Waals surface area contributed by atoms with E-state index in [0.29, 0.717) is 49.9 Å². The van der Waals surface area contributed by atoms with Gasteiger partial charge in [-0.1, -0.05) is 74.9 Å². The normalized spacial score (nSPS) is 13.8. The summed E-state index contributed by atoms with van der Waals surface area (Å²) in [7, 11) is 0. The molecule has 1 unspecified atom stereocenters. The highest BCUT2D eigenvalue weighted by molar-refractivity contribution is 6.39. The van der Waals surface area contributed by atoms with Crippen molar-refractivity contribution in [3.8, 4) is 0 Å². The Morgan fingerprint density at radius 1 is 0.760 bits per heavy atom. The number of hydrogen-bond donors (Lipinski definition) is 12. The van der Waals surface area contributed by atoms with Gasteiger partial charge in [0.1, 0.15) is 24.5 Å². The average Bonchev–Trinajstić information content (AvgIpc) is 3.09. The highest BCUT2D eigenvalue weighted by Gasteiger charge is 2.32. The number of nitrogens with two attached hydrogens (primary N) is 5. The maximum absolute atomic E-state index is 13.8. The quantitative estimate of drug-likeness (QED) is 0.0140. The van der Waals surface area contributed by atoms with Crippen molar-refractivity contribution in [3.63, 3.8) is 0 Å². The van der Waals surface area contributed by atoms with Gasteiger partial charge in [-0.3, -0.25) is 35.2 Å². The molecule has 0 spiro atoms. The molecule has 0 aromatic heterocycles. The van der Waals surface area contributed by atoms with Gasteiger partial charge >= 0.3 is 0 Å². The maximum Gasteiger partial charge on any atom is 0.239 e. The summed E-state index contributed by atoms with van der Waals surface area (Å²) in [5.41, 5.74) is 36.0. The van der Waals surface area contributed by atoms with E-state index < -0.39 is 48.2 Å². The first-order valence-corrected chi connectivity index (χ1v) is 16.9. The summed E-state index contributed by atoms with van der Waals surface area (Å²) < 4.78 is 0. The van der Waals surface area contributed by atoms with Crippen molar-refractivity contribution in [2.45, 2.75) is 89.6 Å². The topological polar surface area (TPSA) is 294 Å². The summed E-state index contributed by atoms with van der Waals surface area (Å²) in [5.74, 6) is -2.41. The molecule has 16 heteroatoms. The molecule has 0 fully saturated rings. The van der Waals surface area contributed by atoms with Crippen LogP contribution in [-0.2, 0) is 32.1 Å². The van der Waals surface area contributed by atoms with Crippen LogP contribution in [0.3, 0.4) is 0 Å². The number of carbonyl (C=O) groups excluding carboxylic acids is 4. The molecule has 0 saturated carbocycles. The van der Waals surface area contributed by atoms with Gasteiger partial charge in [0.05, 0.1) is 12.1 Å². The molecule has 0 aliphatic rings. The Balaban J connectivity index is 2.18. The summed E-state index contributed by atoms with van der Waals surface area (Å²) in [6.45, 7) is 4.84. The number of Topliss-reactive ketones (excluding diaryl/α,β-unsaturated/α-hetero) is 2. The van der Waals surface area contributed by atoms with Crippen LogP contribution in [0.5, 0.6) is 0 Å². The van der Waals surface area contributed by atoms with E-state index in [2.05, 4.69) is 32.1 Å². The van der Waals surface area contributed by atoms with Gasteiger partial charge < -0.3 is 39.3 Å². The number of amidine groups is 1. The van der Waals surface area contributed by atoms with Gasteiger partial charge in [0, 0.05) is 18.5 Å². The third-order valence-corrected chi connectivity index (χ3v) is 8.17. The first-order chi connectivity index (χ1) is 23.8. The number of amides is 2. The van der Waals surface area contributed by atoms with E-state index in [1.807, 2.05) is 19.9 Å². The van der Waals surface area contributed by atoms with Gasteiger partial charge in [0.2, 0.25) is 23.4 Å². The van der Waals surface area contributed by atoms with Crippen molar-refractivity contribution in [2.24, 2.45) is 34.6 Å². The summed E-state index contributed by atoms with van der Waals surface area (Å²) >= 11 is 0. The van der Waals surface area contributed by atoms with E-state index in [4.69, 9.17) is 34.1 Å². The Bertz CT molecular complexity index is 1360. The Hall–Kier alpha value is -4.13. The number of hydrazine groups is 1. The number of benzene rings is 2. The summed E-state index contributed by atoms with van der Waals surface area (Å²) in [6.07, 6.45) is 0.552. The Morgan fingerprint density at radius 3 is 1.88 bits per heavy atom. The predicted molar refractivity (Wildman–Crippen MR) is 193 cm³/mol. The molecule has 0 bridgehead atoms. The fourth-order valence-electron chi connectivity index (χ4n) is 5.02. The smallest absolute Gasteiger partial charge is 0.239 e. The van der Waals surface area contributed by atoms with Gasteiger partial charge in [0.25, 0.3) is 0 Å². The molecule has 0 saturated heterocycles. The lowest BCUT2D eigenvalue weighted by Gasteiger charge is -2.29. The molecule has 2 rings (SSSR count). The van der Waals surface area contributed by atoms with Gasteiger partial charge in [-0.15, -0.1) is 0 Å². The third kappa shape index (κ3) is 15.6. The van der Waals surface area contributed by atoms with Crippen LogP contribution in [0.4, 0.5) is 0 Å². The van der Waals surface area contributed by atoms with Gasteiger partial charge in [-0.05, 0) is 55.8 Å². The van der Waals surface area contributed by atoms with Crippen LogP contribution in [0.1, 0.15) is 62.6 Å². The standard InChI is InChI=1S/C34H56N12O4/c1-3-21(2)28(32(50)44-25(11-7-17-41-33(37)38)29(48)27(47)19-22-9-5-4-6-10-22)46-45-26(12-8-18-42-34(39)40)31(49)43-20-23-13-15-24(16-14-23)30(35)36/h4-6,9-10,13-16,21,25-26,28,33-34,41-42,45-46H,3,7-8,11-12,17-20,37-40H2,1-2H3,(H3,35,36)(H,43,49)(H,44,50)/t21-,25-,26-,28?/m0/s1. The molecule has 4 atom stereocenters. The Kier molecular flexibility index (Phi) is 19.0. The first-order valence-electron chi connectivity index (χ1n) is 16.9. The molecule has 2 aromatic carbocycles. The molecule has 0 heterocycles. The Labute approximate surface area is 294 Å². The zero-order valence-electron chi connectivity index (χ0n) is 29.0. The molecular weight excluding hydrogens is 640 g/mol. The van der Waals surface area contributed by atoms with Crippen molar-refractivity contribution in [3.05, 3.63) is 71.3 Å². The number of nitrogen functional groups attached to an aromatic ring is 1.